The van der Waals surface area contributed by atoms with E-state index in [0.717, 1.165) is 39.9 Å². The molecule has 5 nitrogen and oxygen atoms in total. The number of carbonyl (C=O) groups excluding carboxylic acids is 1. The van der Waals surface area contributed by atoms with Crippen LogP contribution < -0.4 is 15.4 Å². The lowest BCUT2D eigenvalue weighted by atomic mass is 10.1. The standard InChI is InChI=1S/C23H18F3N3O2/c1-14-6-11-18(21-13-15-4-2-3-5-19(15)28-21)20(12-14)29-22(30)27-16-7-9-17(10-8-16)31-23(24,25)26/h2-13,28H,1H3,(H2,27,29,30). The Bertz CT molecular complexity index is 1200. The van der Waals surface area contributed by atoms with Gasteiger partial charge < -0.3 is 20.4 Å². The third kappa shape index (κ3) is 4.98. The zero-order chi connectivity index (χ0) is 22.0. The molecule has 0 aliphatic rings. The van der Waals surface area contributed by atoms with Gasteiger partial charge in [-0.3, -0.25) is 0 Å². The molecule has 0 aliphatic heterocycles. The number of hydrogen-bond acceptors (Lipinski definition) is 2. The second kappa shape index (κ2) is 8.06. The molecule has 0 bridgehead atoms. The van der Waals surface area contributed by atoms with E-state index in [1.165, 1.54) is 12.1 Å². The van der Waals surface area contributed by atoms with Crippen molar-refractivity contribution in [2.75, 3.05) is 10.6 Å². The highest BCUT2D eigenvalue weighted by molar-refractivity contribution is 6.02. The number of para-hydroxylation sites is 1. The van der Waals surface area contributed by atoms with E-state index in [1.54, 1.807) is 0 Å². The maximum Gasteiger partial charge on any atom is 0.573 e. The van der Waals surface area contributed by atoms with E-state index in [0.29, 0.717) is 11.4 Å². The highest BCUT2D eigenvalue weighted by atomic mass is 19.4. The van der Waals surface area contributed by atoms with Crippen molar-refractivity contribution in [3.05, 3.63) is 78.4 Å². The number of hydrogen-bond donors (Lipinski definition) is 3. The molecule has 0 atom stereocenters. The molecular formula is C23H18F3N3O2. The largest absolute Gasteiger partial charge is 0.573 e. The van der Waals surface area contributed by atoms with Crippen molar-refractivity contribution >= 4 is 28.3 Å². The number of rotatable bonds is 4. The van der Waals surface area contributed by atoms with Crippen molar-refractivity contribution in [1.29, 1.82) is 0 Å². The van der Waals surface area contributed by atoms with E-state index in [9.17, 15) is 18.0 Å². The summed E-state index contributed by atoms with van der Waals surface area (Å²) in [5, 5.41) is 6.47. The molecule has 3 N–H and O–H groups in total. The second-order valence-corrected chi connectivity index (χ2v) is 6.97. The van der Waals surface area contributed by atoms with Gasteiger partial charge in [-0.25, -0.2) is 4.79 Å². The number of aryl methyl sites for hydroxylation is 1. The lowest BCUT2D eigenvalue weighted by Gasteiger charge is -2.13. The zero-order valence-electron chi connectivity index (χ0n) is 16.4. The van der Waals surface area contributed by atoms with Crippen molar-refractivity contribution in [3.8, 4) is 17.0 Å². The summed E-state index contributed by atoms with van der Waals surface area (Å²) in [6, 6.07) is 20.0. The number of benzene rings is 3. The Labute approximate surface area is 175 Å². The molecule has 158 valence electrons. The number of alkyl halides is 3. The molecule has 4 rings (SSSR count). The van der Waals surface area contributed by atoms with Gasteiger partial charge in [0.1, 0.15) is 5.75 Å². The summed E-state index contributed by atoms with van der Waals surface area (Å²) in [6.45, 7) is 1.91. The van der Waals surface area contributed by atoms with Crippen LogP contribution in [0.5, 0.6) is 5.75 Å². The van der Waals surface area contributed by atoms with Crippen molar-refractivity contribution in [3.63, 3.8) is 0 Å². The molecule has 0 aliphatic carbocycles. The van der Waals surface area contributed by atoms with Crippen LogP contribution in [0, 0.1) is 6.92 Å². The molecule has 3 aromatic carbocycles. The molecule has 0 saturated carbocycles. The maximum absolute atomic E-state index is 12.5. The van der Waals surface area contributed by atoms with Gasteiger partial charge in [-0.1, -0.05) is 30.3 Å². The van der Waals surface area contributed by atoms with Crippen LogP contribution in [-0.4, -0.2) is 17.4 Å². The number of anilines is 2. The number of ether oxygens (including phenoxy) is 1. The van der Waals surface area contributed by atoms with E-state index >= 15 is 0 Å². The van der Waals surface area contributed by atoms with E-state index < -0.39 is 12.4 Å². The predicted octanol–water partition coefficient (Wildman–Crippen LogP) is 6.69. The van der Waals surface area contributed by atoms with Gasteiger partial charge >= 0.3 is 12.4 Å². The molecule has 0 spiro atoms. The van der Waals surface area contributed by atoms with Gasteiger partial charge in [-0.15, -0.1) is 13.2 Å². The minimum Gasteiger partial charge on any atom is -0.406 e. The van der Waals surface area contributed by atoms with Crippen molar-refractivity contribution in [1.82, 2.24) is 4.98 Å². The van der Waals surface area contributed by atoms with E-state index in [1.807, 2.05) is 55.5 Å². The fourth-order valence-electron chi connectivity index (χ4n) is 3.24. The maximum atomic E-state index is 12.5. The van der Waals surface area contributed by atoms with Gasteiger partial charge in [0.25, 0.3) is 0 Å². The highest BCUT2D eigenvalue weighted by Gasteiger charge is 2.30. The van der Waals surface area contributed by atoms with Gasteiger partial charge in [-0.2, -0.15) is 0 Å². The topological polar surface area (TPSA) is 66.2 Å². The summed E-state index contributed by atoms with van der Waals surface area (Å²) in [7, 11) is 0. The van der Waals surface area contributed by atoms with Crippen molar-refractivity contribution in [2.24, 2.45) is 0 Å². The normalized spacial score (nSPS) is 11.4. The third-order valence-corrected chi connectivity index (χ3v) is 4.59. The molecule has 2 amide bonds. The number of carbonyl (C=O) groups is 1. The summed E-state index contributed by atoms with van der Waals surface area (Å²) in [6.07, 6.45) is -4.77. The average molecular weight is 425 g/mol. The summed E-state index contributed by atoms with van der Waals surface area (Å²) < 4.78 is 40.6. The quantitative estimate of drug-likeness (QED) is 0.341. The van der Waals surface area contributed by atoms with E-state index in [4.69, 9.17) is 0 Å². The Hall–Kier alpha value is -3.94. The van der Waals surface area contributed by atoms with Crippen LogP contribution in [0.25, 0.3) is 22.2 Å². The van der Waals surface area contributed by atoms with Gasteiger partial charge in [0.15, 0.2) is 0 Å². The van der Waals surface area contributed by atoms with E-state index in [2.05, 4.69) is 20.4 Å². The van der Waals surface area contributed by atoms with Crippen LogP contribution in [0.1, 0.15) is 5.56 Å². The number of H-pyrrole nitrogens is 1. The fraction of sp³-hybridized carbons (Fsp3) is 0.0870. The molecule has 4 aromatic rings. The van der Waals surface area contributed by atoms with Crippen LogP contribution in [0.2, 0.25) is 0 Å². The smallest absolute Gasteiger partial charge is 0.406 e. The molecule has 1 aromatic heterocycles. The van der Waals surface area contributed by atoms with Crippen molar-refractivity contribution in [2.45, 2.75) is 13.3 Å². The van der Waals surface area contributed by atoms with Crippen molar-refractivity contribution < 1.29 is 22.7 Å². The number of fused-ring (bicyclic) bond motifs is 1. The molecule has 0 unspecified atom stereocenters. The number of amides is 2. The van der Waals surface area contributed by atoms with Crippen LogP contribution in [-0.2, 0) is 0 Å². The first-order chi connectivity index (χ1) is 14.8. The summed E-state index contributed by atoms with van der Waals surface area (Å²) in [5.74, 6) is -0.363. The monoisotopic (exact) mass is 425 g/mol. The first-order valence-corrected chi connectivity index (χ1v) is 9.39. The third-order valence-electron chi connectivity index (χ3n) is 4.59. The minimum atomic E-state index is -4.77. The first kappa shape index (κ1) is 20.3. The van der Waals surface area contributed by atoms with Gasteiger partial charge in [0.2, 0.25) is 0 Å². The zero-order valence-corrected chi connectivity index (χ0v) is 16.4. The van der Waals surface area contributed by atoms with Crippen LogP contribution in [0.15, 0.2) is 72.8 Å². The van der Waals surface area contributed by atoms with E-state index in [-0.39, 0.29) is 5.75 Å². The molecule has 1 heterocycles. The van der Waals surface area contributed by atoms with Gasteiger partial charge in [-0.05, 0) is 55.0 Å². The Morgan fingerprint density at radius 3 is 2.39 bits per heavy atom. The first-order valence-electron chi connectivity index (χ1n) is 9.39. The minimum absolute atomic E-state index is 0.326. The van der Waals surface area contributed by atoms with Gasteiger partial charge in [0, 0.05) is 27.8 Å². The SMILES string of the molecule is Cc1ccc(-c2cc3ccccc3[nH]2)c(NC(=O)Nc2ccc(OC(F)(F)F)cc2)c1. The molecular weight excluding hydrogens is 407 g/mol. The van der Waals surface area contributed by atoms with Gasteiger partial charge in [0.05, 0.1) is 5.69 Å². The molecule has 0 radical (unpaired) electrons. The molecule has 0 fully saturated rings. The van der Waals surface area contributed by atoms with Crippen LogP contribution in [0.3, 0.4) is 0 Å². The Balaban J connectivity index is 1.52. The highest BCUT2D eigenvalue weighted by Crippen LogP contribution is 2.31. The molecule has 0 saturated heterocycles. The molecule has 31 heavy (non-hydrogen) atoms. The summed E-state index contributed by atoms with van der Waals surface area (Å²) >= 11 is 0. The Morgan fingerprint density at radius 2 is 1.68 bits per heavy atom. The second-order valence-electron chi connectivity index (χ2n) is 6.97. The number of urea groups is 1. The predicted molar refractivity (Wildman–Crippen MR) is 114 cm³/mol. The average Bonchev–Trinajstić information content (AvgIpc) is 3.12. The lowest BCUT2D eigenvalue weighted by Crippen LogP contribution is -2.20. The Morgan fingerprint density at radius 1 is 0.935 bits per heavy atom. The van der Waals surface area contributed by atoms with Crippen LogP contribution in [0.4, 0.5) is 29.3 Å². The summed E-state index contributed by atoms with van der Waals surface area (Å²) in [4.78, 5) is 15.9. The lowest BCUT2D eigenvalue weighted by molar-refractivity contribution is -0.274. The fourth-order valence-corrected chi connectivity index (χ4v) is 3.24. The van der Waals surface area contributed by atoms with Crippen LogP contribution >= 0.6 is 0 Å². The number of halogens is 3. The number of nitrogens with one attached hydrogen (secondary N) is 3. The Kier molecular flexibility index (Phi) is 5.29. The number of aromatic nitrogens is 1. The molecule has 8 heteroatoms. The summed E-state index contributed by atoms with van der Waals surface area (Å²) in [5.41, 5.74) is 4.53. The number of aromatic amines is 1.